The van der Waals surface area contributed by atoms with Gasteiger partial charge in [-0.15, -0.1) is 0 Å². The van der Waals surface area contributed by atoms with Gasteiger partial charge in [0, 0.05) is 9.26 Å². The van der Waals surface area contributed by atoms with Crippen LogP contribution >= 0.6 is 22.6 Å². The van der Waals surface area contributed by atoms with E-state index >= 15 is 0 Å². The fourth-order valence-electron chi connectivity index (χ4n) is 1.42. The number of carbonyl (C=O) groups is 1. The summed E-state index contributed by atoms with van der Waals surface area (Å²) < 4.78 is 1.01. The van der Waals surface area contributed by atoms with E-state index in [9.17, 15) is 4.79 Å². The quantitative estimate of drug-likeness (QED) is 0.854. The van der Waals surface area contributed by atoms with Crippen molar-refractivity contribution < 1.29 is 4.79 Å². The van der Waals surface area contributed by atoms with Gasteiger partial charge < -0.3 is 5.32 Å². The third kappa shape index (κ3) is 3.03. The fraction of sp³-hybridized carbons (Fsp3) is 0.0769. The van der Waals surface area contributed by atoms with Crippen molar-refractivity contribution in [2.75, 3.05) is 5.32 Å². The number of carbonyl (C=O) groups excluding carboxylic acids is 1. The molecule has 1 amide bonds. The maximum atomic E-state index is 11.9. The maximum absolute atomic E-state index is 11.9. The first-order valence-electron chi connectivity index (χ1n) is 5.16. The highest BCUT2D eigenvalue weighted by Crippen LogP contribution is 2.17. The molecule has 2 rings (SSSR count). The number of aromatic nitrogens is 1. The van der Waals surface area contributed by atoms with Crippen LogP contribution in [0.5, 0.6) is 0 Å². The van der Waals surface area contributed by atoms with Crippen LogP contribution < -0.4 is 5.32 Å². The van der Waals surface area contributed by atoms with Crippen LogP contribution in [0.3, 0.4) is 0 Å². The van der Waals surface area contributed by atoms with E-state index in [2.05, 4.69) is 32.9 Å². The smallest absolute Gasteiger partial charge is 0.274 e. The molecule has 2 aromatic rings. The molecule has 0 saturated carbocycles. The Labute approximate surface area is 113 Å². The van der Waals surface area contributed by atoms with E-state index in [1.807, 2.05) is 43.3 Å². The van der Waals surface area contributed by atoms with Gasteiger partial charge in [0.15, 0.2) is 0 Å². The molecule has 0 aliphatic rings. The molecule has 0 unspecified atom stereocenters. The van der Waals surface area contributed by atoms with E-state index in [-0.39, 0.29) is 5.91 Å². The second-order valence-electron chi connectivity index (χ2n) is 3.60. The van der Waals surface area contributed by atoms with Gasteiger partial charge in [0.05, 0.1) is 5.69 Å². The number of hydrogen-bond donors (Lipinski definition) is 1. The number of nitrogens with one attached hydrogen (secondary N) is 1. The Hall–Kier alpha value is -1.43. The number of para-hydroxylation sites is 1. The summed E-state index contributed by atoms with van der Waals surface area (Å²) in [5, 5.41) is 2.84. The predicted molar refractivity (Wildman–Crippen MR) is 76.1 cm³/mol. The van der Waals surface area contributed by atoms with Gasteiger partial charge in [0.1, 0.15) is 5.69 Å². The monoisotopic (exact) mass is 338 g/mol. The summed E-state index contributed by atoms with van der Waals surface area (Å²) in [7, 11) is 0. The largest absolute Gasteiger partial charge is 0.320 e. The van der Waals surface area contributed by atoms with E-state index in [0.29, 0.717) is 5.69 Å². The molecule has 0 bridgehead atoms. The Bertz CT molecular complexity index is 555. The van der Waals surface area contributed by atoms with Crippen LogP contribution in [0.1, 0.15) is 16.2 Å². The van der Waals surface area contributed by atoms with Gasteiger partial charge in [-0.25, -0.2) is 4.98 Å². The number of pyridine rings is 1. The number of hydrogen-bond acceptors (Lipinski definition) is 2. The van der Waals surface area contributed by atoms with Gasteiger partial charge in [-0.05, 0) is 53.8 Å². The zero-order chi connectivity index (χ0) is 12.3. The molecule has 0 saturated heterocycles. The zero-order valence-corrected chi connectivity index (χ0v) is 11.4. The second kappa shape index (κ2) is 5.27. The molecule has 0 aliphatic carbocycles. The normalized spacial score (nSPS) is 10.0. The molecular weight excluding hydrogens is 327 g/mol. The number of nitrogens with zero attached hydrogens (tertiary/aromatic N) is 1. The molecule has 1 aromatic heterocycles. The van der Waals surface area contributed by atoms with Gasteiger partial charge in [-0.3, -0.25) is 4.79 Å². The summed E-state index contributed by atoms with van der Waals surface area (Å²) in [5.74, 6) is -0.183. The minimum absolute atomic E-state index is 0.183. The highest BCUT2D eigenvalue weighted by molar-refractivity contribution is 14.1. The molecule has 0 spiro atoms. The van der Waals surface area contributed by atoms with Crippen LogP contribution in [-0.2, 0) is 0 Å². The summed E-state index contributed by atoms with van der Waals surface area (Å²) in [4.78, 5) is 16.1. The molecule has 0 aliphatic heterocycles. The standard InChI is InChI=1S/C13H11IN2O/c1-9-5-4-8-12(15-9)13(17)16-11-7-3-2-6-10(11)14/h2-8H,1H3,(H,16,17). The van der Waals surface area contributed by atoms with E-state index in [4.69, 9.17) is 0 Å². The summed E-state index contributed by atoms with van der Waals surface area (Å²) in [6.45, 7) is 1.86. The minimum Gasteiger partial charge on any atom is -0.320 e. The molecule has 3 nitrogen and oxygen atoms in total. The Morgan fingerprint density at radius 3 is 2.65 bits per heavy atom. The van der Waals surface area contributed by atoms with Crippen molar-refractivity contribution in [2.24, 2.45) is 0 Å². The Kier molecular flexibility index (Phi) is 3.73. The molecule has 0 radical (unpaired) electrons. The Morgan fingerprint density at radius 1 is 1.18 bits per heavy atom. The highest BCUT2D eigenvalue weighted by atomic mass is 127. The van der Waals surface area contributed by atoms with E-state index in [1.54, 1.807) is 6.07 Å². The summed E-state index contributed by atoms with van der Waals surface area (Å²) in [6.07, 6.45) is 0. The average Bonchev–Trinajstić information content (AvgIpc) is 2.32. The number of benzene rings is 1. The lowest BCUT2D eigenvalue weighted by Gasteiger charge is -2.06. The zero-order valence-electron chi connectivity index (χ0n) is 9.27. The summed E-state index contributed by atoms with van der Waals surface area (Å²) in [5.41, 5.74) is 2.08. The molecular formula is C13H11IN2O. The highest BCUT2D eigenvalue weighted by Gasteiger charge is 2.08. The first kappa shape index (κ1) is 12.0. The van der Waals surface area contributed by atoms with Crippen molar-refractivity contribution in [2.45, 2.75) is 6.92 Å². The summed E-state index contributed by atoms with van der Waals surface area (Å²) >= 11 is 2.18. The Balaban J connectivity index is 2.20. The van der Waals surface area contributed by atoms with Crippen LogP contribution in [0.2, 0.25) is 0 Å². The molecule has 0 atom stereocenters. The van der Waals surface area contributed by atoms with E-state index in [1.165, 1.54) is 0 Å². The molecule has 1 aromatic carbocycles. The van der Waals surface area contributed by atoms with E-state index in [0.717, 1.165) is 15.0 Å². The van der Waals surface area contributed by atoms with E-state index < -0.39 is 0 Å². The van der Waals surface area contributed by atoms with Crippen LogP contribution in [0, 0.1) is 10.5 Å². The molecule has 4 heteroatoms. The Morgan fingerprint density at radius 2 is 1.94 bits per heavy atom. The first-order chi connectivity index (χ1) is 8.16. The second-order valence-corrected chi connectivity index (χ2v) is 4.76. The first-order valence-corrected chi connectivity index (χ1v) is 6.24. The van der Waals surface area contributed by atoms with Crippen molar-refractivity contribution in [3.05, 3.63) is 57.4 Å². The van der Waals surface area contributed by atoms with Crippen molar-refractivity contribution in [1.82, 2.24) is 4.98 Å². The lowest BCUT2D eigenvalue weighted by atomic mass is 10.2. The number of halogens is 1. The molecule has 1 N–H and O–H groups in total. The van der Waals surface area contributed by atoms with Gasteiger partial charge in [-0.1, -0.05) is 18.2 Å². The third-order valence-corrected chi connectivity index (χ3v) is 3.18. The molecule has 17 heavy (non-hydrogen) atoms. The number of rotatable bonds is 2. The summed E-state index contributed by atoms with van der Waals surface area (Å²) in [6, 6.07) is 13.0. The van der Waals surface area contributed by atoms with Gasteiger partial charge >= 0.3 is 0 Å². The SMILES string of the molecule is Cc1cccc(C(=O)Nc2ccccc2I)n1. The van der Waals surface area contributed by atoms with Crippen molar-refractivity contribution in [3.63, 3.8) is 0 Å². The topological polar surface area (TPSA) is 42.0 Å². The van der Waals surface area contributed by atoms with Gasteiger partial charge in [-0.2, -0.15) is 0 Å². The fourth-order valence-corrected chi connectivity index (χ4v) is 1.94. The minimum atomic E-state index is -0.183. The van der Waals surface area contributed by atoms with Crippen LogP contribution in [0.4, 0.5) is 5.69 Å². The molecule has 86 valence electrons. The predicted octanol–water partition coefficient (Wildman–Crippen LogP) is 3.25. The third-order valence-electron chi connectivity index (χ3n) is 2.24. The average molecular weight is 338 g/mol. The van der Waals surface area contributed by atoms with Gasteiger partial charge in [0.2, 0.25) is 0 Å². The number of anilines is 1. The molecule has 1 heterocycles. The van der Waals surface area contributed by atoms with Crippen LogP contribution in [0.25, 0.3) is 0 Å². The van der Waals surface area contributed by atoms with Crippen molar-refractivity contribution in [1.29, 1.82) is 0 Å². The van der Waals surface area contributed by atoms with Gasteiger partial charge in [0.25, 0.3) is 5.91 Å². The van der Waals surface area contributed by atoms with Crippen molar-refractivity contribution >= 4 is 34.2 Å². The van der Waals surface area contributed by atoms with Crippen molar-refractivity contribution in [3.8, 4) is 0 Å². The van der Waals surface area contributed by atoms with Crippen LogP contribution in [-0.4, -0.2) is 10.9 Å². The lowest BCUT2D eigenvalue weighted by molar-refractivity contribution is 0.102. The number of aryl methyl sites for hydroxylation is 1. The number of amides is 1. The lowest BCUT2D eigenvalue weighted by Crippen LogP contribution is -2.14. The van der Waals surface area contributed by atoms with Crippen LogP contribution in [0.15, 0.2) is 42.5 Å². The molecule has 0 fully saturated rings. The maximum Gasteiger partial charge on any atom is 0.274 e.